The topological polar surface area (TPSA) is 168 Å². The van der Waals surface area contributed by atoms with Gasteiger partial charge < -0.3 is 34.9 Å². The number of aryl methyl sites for hydroxylation is 1. The molecule has 5 aliphatic heterocycles. The second-order valence-electron chi connectivity index (χ2n) is 13.5. The number of rotatable bonds is 6. The molecule has 5 unspecified atom stereocenters. The number of carboxylic acids is 1. The first-order chi connectivity index (χ1) is 21.9. The lowest BCUT2D eigenvalue weighted by Crippen LogP contribution is -2.75. The minimum absolute atomic E-state index is 0.0258. The van der Waals surface area contributed by atoms with Gasteiger partial charge in [0.15, 0.2) is 23.0 Å². The molecule has 2 aromatic rings. The number of ether oxygens (including phenoxy) is 4. The van der Waals surface area contributed by atoms with E-state index in [0.29, 0.717) is 35.0 Å². The Morgan fingerprint density at radius 2 is 1.98 bits per heavy atom. The van der Waals surface area contributed by atoms with Crippen LogP contribution in [0.3, 0.4) is 0 Å². The normalized spacial score (nSPS) is 33.2. The zero-order valence-corrected chi connectivity index (χ0v) is 27.0. The minimum atomic E-state index is -1.10. The number of phenolic OH excluding ortho intramolecular Hbond substituents is 1. The predicted octanol–water partition coefficient (Wildman–Crippen LogP) is 3.35. The van der Waals surface area contributed by atoms with Crippen LogP contribution in [0, 0.1) is 25.2 Å². The van der Waals surface area contributed by atoms with Gasteiger partial charge >= 0.3 is 11.9 Å². The SMILES string of the molecule is COc1c(C)cc2c(c1O)C1C3[C@H](SCC(N)C(=O)O)C4C[C@@H](c5c6c(c(C)c(OC(C)=O)c54)OCO6)N3[C@@H](C#N)[C@@H]3CC2(C)N13. The molecular weight excluding hydrogens is 612 g/mol. The molecule has 0 radical (unpaired) electrons. The van der Waals surface area contributed by atoms with E-state index in [2.05, 4.69) is 28.9 Å². The number of nitrogens with two attached hydrogens (primary N) is 1. The van der Waals surface area contributed by atoms with Crippen molar-refractivity contribution in [2.24, 2.45) is 5.73 Å². The Labute approximate surface area is 270 Å². The summed E-state index contributed by atoms with van der Waals surface area (Å²) in [6.45, 7) is 7.33. The summed E-state index contributed by atoms with van der Waals surface area (Å²) >= 11 is 1.47. The second kappa shape index (κ2) is 9.90. The summed E-state index contributed by atoms with van der Waals surface area (Å²) in [5, 5.41) is 32.2. The van der Waals surface area contributed by atoms with Gasteiger partial charge in [0.25, 0.3) is 0 Å². The molecule has 12 nitrogen and oxygen atoms in total. The fourth-order valence-corrected chi connectivity index (χ4v) is 11.2. The molecule has 6 aliphatic rings. The van der Waals surface area contributed by atoms with Gasteiger partial charge in [-0.05, 0) is 50.8 Å². The van der Waals surface area contributed by atoms with Crippen molar-refractivity contribution in [3.05, 3.63) is 39.4 Å². The highest BCUT2D eigenvalue weighted by molar-refractivity contribution is 8.00. The summed E-state index contributed by atoms with van der Waals surface area (Å²) in [5.74, 6) is 0.463. The molecule has 4 N–H and O–H groups in total. The number of benzene rings is 2. The number of nitriles is 1. The average molecular weight is 649 g/mol. The van der Waals surface area contributed by atoms with Crippen LogP contribution < -0.4 is 24.7 Å². The number of carboxylic acid groups (broad SMARTS) is 1. The Kier molecular flexibility index (Phi) is 6.39. The van der Waals surface area contributed by atoms with Crippen LogP contribution in [0.15, 0.2) is 6.07 Å². The molecule has 1 aliphatic carbocycles. The Hall–Kier alpha value is -3.70. The number of esters is 1. The van der Waals surface area contributed by atoms with E-state index in [9.17, 15) is 25.1 Å². The monoisotopic (exact) mass is 648 g/mol. The molecule has 5 heterocycles. The lowest BCUT2D eigenvalue weighted by atomic mass is 9.71. The molecule has 3 fully saturated rings. The lowest BCUT2D eigenvalue weighted by Gasteiger charge is -2.66. The Morgan fingerprint density at radius 3 is 2.65 bits per heavy atom. The standard InChI is InChI=1S/C33H36N4O8S/c1-12-6-16-22(26(39)27(12)42-5)24-25-31(46-10-17(35)32(40)41)15-7-18(36(25)20(9-34)19-8-33(16,4)37(19)24)23-21(15)28(45-14(3)38)13(2)29-30(23)44-11-43-29/h6,15,17-20,24-25,31,39H,7-8,10-11,35H2,1-5H3,(H,40,41)/t15?,17?,18-,19-,20-,24?,25?,31+,33?/m0/s1. The van der Waals surface area contributed by atoms with E-state index in [4.69, 9.17) is 24.7 Å². The van der Waals surface area contributed by atoms with Crippen molar-refractivity contribution in [3.8, 4) is 34.8 Å². The van der Waals surface area contributed by atoms with E-state index in [0.717, 1.165) is 34.2 Å². The summed E-state index contributed by atoms with van der Waals surface area (Å²) in [4.78, 5) is 29.1. The number of hydrogen-bond acceptors (Lipinski definition) is 12. The summed E-state index contributed by atoms with van der Waals surface area (Å²) in [6, 6.07) is 2.11. The van der Waals surface area contributed by atoms with Gasteiger partial charge in [0.1, 0.15) is 17.8 Å². The van der Waals surface area contributed by atoms with Crippen molar-refractivity contribution in [1.29, 1.82) is 5.26 Å². The summed E-state index contributed by atoms with van der Waals surface area (Å²) in [6.07, 6.45) is 1.35. The van der Waals surface area contributed by atoms with E-state index < -0.39 is 29.6 Å². The number of nitrogens with zero attached hydrogens (tertiary/aromatic N) is 3. The number of thioether (sulfide) groups is 1. The predicted molar refractivity (Wildman–Crippen MR) is 165 cm³/mol. The smallest absolute Gasteiger partial charge is 0.321 e. The third kappa shape index (κ3) is 3.56. The Balaban J connectivity index is 1.38. The Bertz CT molecular complexity index is 1780. The van der Waals surface area contributed by atoms with Gasteiger partial charge in [0, 0.05) is 69.8 Å². The van der Waals surface area contributed by atoms with E-state index in [-0.39, 0.29) is 53.6 Å². The zero-order valence-electron chi connectivity index (χ0n) is 26.2. The average Bonchev–Trinajstić information content (AvgIpc) is 3.67. The number of fused-ring (bicyclic) bond motifs is 13. The number of aliphatic carboxylic acids is 1. The van der Waals surface area contributed by atoms with Crippen molar-refractivity contribution in [2.45, 2.75) is 93.5 Å². The molecule has 0 aromatic heterocycles. The van der Waals surface area contributed by atoms with E-state index in [1.807, 2.05) is 13.8 Å². The van der Waals surface area contributed by atoms with E-state index in [1.165, 1.54) is 18.7 Å². The molecular formula is C33H36N4O8S. The molecule has 0 spiro atoms. The fraction of sp³-hybridized carbons (Fsp3) is 0.545. The van der Waals surface area contributed by atoms with Gasteiger partial charge in [-0.3, -0.25) is 19.4 Å². The highest BCUT2D eigenvalue weighted by atomic mass is 32.2. The van der Waals surface area contributed by atoms with Crippen molar-refractivity contribution in [3.63, 3.8) is 0 Å². The summed E-state index contributed by atoms with van der Waals surface area (Å²) < 4.78 is 23.7. The highest BCUT2D eigenvalue weighted by Crippen LogP contribution is 2.71. The van der Waals surface area contributed by atoms with E-state index in [1.54, 1.807) is 7.11 Å². The first kappa shape index (κ1) is 29.7. The third-order valence-corrected chi connectivity index (χ3v) is 12.8. The minimum Gasteiger partial charge on any atom is -0.504 e. The second-order valence-corrected chi connectivity index (χ2v) is 14.7. The molecule has 2 aromatic carbocycles. The molecule has 0 amide bonds. The molecule has 8 rings (SSSR count). The first-order valence-corrected chi connectivity index (χ1v) is 16.6. The molecule has 0 saturated carbocycles. The number of aromatic hydroxyl groups is 1. The van der Waals surface area contributed by atoms with Crippen molar-refractivity contribution in [1.82, 2.24) is 9.80 Å². The quantitative estimate of drug-likeness (QED) is 0.308. The van der Waals surface area contributed by atoms with Crippen LogP contribution in [0.25, 0.3) is 0 Å². The molecule has 242 valence electrons. The van der Waals surface area contributed by atoms with Gasteiger partial charge in [0.05, 0.1) is 19.2 Å². The molecule has 2 bridgehead atoms. The van der Waals surface area contributed by atoms with Crippen LogP contribution in [-0.4, -0.2) is 81.0 Å². The maximum Gasteiger partial charge on any atom is 0.321 e. The van der Waals surface area contributed by atoms with Crippen molar-refractivity contribution < 1.29 is 38.7 Å². The molecule has 9 atom stereocenters. The fourth-order valence-electron chi connectivity index (χ4n) is 9.68. The lowest BCUT2D eigenvalue weighted by molar-refractivity contribution is -0.183. The Morgan fingerprint density at radius 1 is 1.24 bits per heavy atom. The highest BCUT2D eigenvalue weighted by Gasteiger charge is 2.71. The van der Waals surface area contributed by atoms with Crippen LogP contribution in [0.5, 0.6) is 28.7 Å². The van der Waals surface area contributed by atoms with Gasteiger partial charge in [-0.1, -0.05) is 0 Å². The van der Waals surface area contributed by atoms with Crippen LogP contribution in [-0.2, 0) is 15.1 Å². The number of methoxy groups -OCH3 is 1. The number of phenols is 1. The zero-order chi connectivity index (χ0) is 32.6. The number of carbonyl (C=O) groups excluding carboxylic acids is 1. The molecule has 46 heavy (non-hydrogen) atoms. The van der Waals surface area contributed by atoms with Gasteiger partial charge in [0.2, 0.25) is 6.79 Å². The van der Waals surface area contributed by atoms with Gasteiger partial charge in [-0.25, -0.2) is 0 Å². The molecule has 3 saturated heterocycles. The maximum absolute atomic E-state index is 12.5. The number of piperidine rings is 1. The van der Waals surface area contributed by atoms with Gasteiger partial charge in [-0.2, -0.15) is 17.0 Å². The summed E-state index contributed by atoms with van der Waals surface area (Å²) in [5.41, 5.74) is 10.7. The maximum atomic E-state index is 12.5. The molecule has 13 heteroatoms. The van der Waals surface area contributed by atoms with Crippen LogP contribution in [0.1, 0.15) is 78.1 Å². The van der Waals surface area contributed by atoms with Crippen LogP contribution in [0.2, 0.25) is 0 Å². The van der Waals surface area contributed by atoms with Crippen molar-refractivity contribution in [2.75, 3.05) is 19.7 Å². The van der Waals surface area contributed by atoms with Gasteiger partial charge in [-0.15, -0.1) is 0 Å². The number of carbonyl (C=O) groups is 2. The number of hydrogen-bond donors (Lipinski definition) is 3. The largest absolute Gasteiger partial charge is 0.504 e. The summed E-state index contributed by atoms with van der Waals surface area (Å²) in [7, 11) is 1.55. The van der Waals surface area contributed by atoms with Crippen molar-refractivity contribution >= 4 is 23.7 Å². The van der Waals surface area contributed by atoms with E-state index >= 15 is 0 Å². The first-order valence-electron chi connectivity index (χ1n) is 15.5. The third-order valence-electron chi connectivity index (χ3n) is 11.3. The van der Waals surface area contributed by atoms with Crippen LogP contribution >= 0.6 is 11.8 Å². The number of piperazine rings is 1. The van der Waals surface area contributed by atoms with Crippen LogP contribution in [0.4, 0.5) is 0 Å².